The predicted octanol–water partition coefficient (Wildman–Crippen LogP) is 2.92. The van der Waals surface area contributed by atoms with Crippen molar-refractivity contribution in [2.75, 3.05) is 13.7 Å². The molecule has 0 spiro atoms. The average Bonchev–Trinajstić information content (AvgIpc) is 3.07. The topological polar surface area (TPSA) is 96.0 Å². The van der Waals surface area contributed by atoms with E-state index in [2.05, 4.69) is 5.32 Å². The maximum atomic E-state index is 12.9. The monoisotopic (exact) mass is 477 g/mol. The number of carbonyl (C=O) groups is 4. The third kappa shape index (κ3) is 4.22. The first kappa shape index (κ1) is 23.3. The van der Waals surface area contributed by atoms with Gasteiger partial charge in [0.25, 0.3) is 23.6 Å². The zero-order chi connectivity index (χ0) is 24.4. The molecule has 0 aliphatic carbocycles. The van der Waals surface area contributed by atoms with Crippen LogP contribution in [0.15, 0.2) is 48.0 Å². The van der Waals surface area contributed by atoms with E-state index in [9.17, 15) is 19.2 Å². The Bertz CT molecular complexity index is 1220. The van der Waals surface area contributed by atoms with Gasteiger partial charge in [-0.25, -0.2) is 0 Å². The van der Waals surface area contributed by atoms with E-state index in [1.807, 2.05) is 6.92 Å². The Hall–Kier alpha value is -3.85. The molecular formula is C25H23N3O5S. The molecule has 174 valence electrons. The van der Waals surface area contributed by atoms with Gasteiger partial charge in [0.05, 0.1) is 24.8 Å². The van der Waals surface area contributed by atoms with Gasteiger partial charge in [0.2, 0.25) is 0 Å². The SMILES string of the molecule is CCCCN1C(=O)/C(=C\c2ccc(OC)c(CN3C(=O)c4ccccc4C3=O)c2)C(=O)NC1=S. The number of hydrogen-bond donors (Lipinski definition) is 1. The quantitative estimate of drug-likeness (QED) is 0.285. The van der Waals surface area contributed by atoms with Gasteiger partial charge in [-0.3, -0.25) is 34.3 Å². The van der Waals surface area contributed by atoms with Gasteiger partial charge in [-0.1, -0.05) is 31.5 Å². The molecule has 0 radical (unpaired) electrons. The van der Waals surface area contributed by atoms with Crippen LogP contribution < -0.4 is 10.1 Å². The highest BCUT2D eigenvalue weighted by molar-refractivity contribution is 7.80. The minimum atomic E-state index is -0.569. The lowest BCUT2D eigenvalue weighted by molar-refractivity contribution is -0.128. The Morgan fingerprint density at radius 1 is 0.971 bits per heavy atom. The van der Waals surface area contributed by atoms with Gasteiger partial charge in [0, 0.05) is 12.1 Å². The molecule has 34 heavy (non-hydrogen) atoms. The molecule has 0 aromatic heterocycles. The van der Waals surface area contributed by atoms with Gasteiger partial charge >= 0.3 is 0 Å². The van der Waals surface area contributed by atoms with Crippen LogP contribution in [0.4, 0.5) is 0 Å². The first-order valence-electron chi connectivity index (χ1n) is 10.9. The van der Waals surface area contributed by atoms with Gasteiger partial charge in [-0.15, -0.1) is 0 Å². The van der Waals surface area contributed by atoms with Crippen LogP contribution in [0.5, 0.6) is 5.75 Å². The number of nitrogens with one attached hydrogen (secondary N) is 1. The van der Waals surface area contributed by atoms with Crippen molar-refractivity contribution >= 4 is 47.0 Å². The molecule has 2 aromatic rings. The number of fused-ring (bicyclic) bond motifs is 1. The Balaban J connectivity index is 1.64. The van der Waals surface area contributed by atoms with E-state index in [0.717, 1.165) is 17.7 Å². The number of nitrogens with zero attached hydrogens (tertiary/aromatic N) is 2. The maximum absolute atomic E-state index is 12.9. The van der Waals surface area contributed by atoms with E-state index in [4.69, 9.17) is 17.0 Å². The summed E-state index contributed by atoms with van der Waals surface area (Å²) in [6.45, 7) is 2.40. The van der Waals surface area contributed by atoms with Crippen LogP contribution in [0.3, 0.4) is 0 Å². The van der Waals surface area contributed by atoms with Crippen LogP contribution in [0.25, 0.3) is 6.08 Å². The Morgan fingerprint density at radius 3 is 2.26 bits per heavy atom. The lowest BCUT2D eigenvalue weighted by atomic mass is 10.0. The summed E-state index contributed by atoms with van der Waals surface area (Å²) in [4.78, 5) is 53.6. The van der Waals surface area contributed by atoms with Gasteiger partial charge in [0.15, 0.2) is 5.11 Å². The zero-order valence-electron chi connectivity index (χ0n) is 18.8. The molecule has 1 saturated heterocycles. The van der Waals surface area contributed by atoms with Crippen LogP contribution in [0.1, 0.15) is 51.6 Å². The number of benzene rings is 2. The minimum Gasteiger partial charge on any atom is -0.496 e. The van der Waals surface area contributed by atoms with Crippen LogP contribution in [-0.4, -0.2) is 52.2 Å². The van der Waals surface area contributed by atoms with Crippen LogP contribution in [-0.2, 0) is 16.1 Å². The van der Waals surface area contributed by atoms with Crippen molar-refractivity contribution in [1.82, 2.24) is 15.1 Å². The molecule has 0 bridgehead atoms. The maximum Gasteiger partial charge on any atom is 0.265 e. The molecule has 4 rings (SSSR count). The molecule has 2 heterocycles. The molecule has 0 saturated carbocycles. The van der Waals surface area contributed by atoms with Gasteiger partial charge < -0.3 is 4.74 Å². The summed E-state index contributed by atoms with van der Waals surface area (Å²) in [7, 11) is 1.49. The number of methoxy groups -OCH3 is 1. The van der Waals surface area contributed by atoms with Crippen molar-refractivity contribution in [1.29, 1.82) is 0 Å². The van der Waals surface area contributed by atoms with Crippen molar-refractivity contribution in [3.63, 3.8) is 0 Å². The van der Waals surface area contributed by atoms with Crippen molar-refractivity contribution in [3.05, 3.63) is 70.3 Å². The fraction of sp³-hybridized carbons (Fsp3) is 0.240. The van der Waals surface area contributed by atoms with Gasteiger partial charge in [-0.2, -0.15) is 0 Å². The Kier molecular flexibility index (Phi) is 6.56. The first-order valence-corrected chi connectivity index (χ1v) is 11.3. The molecule has 2 aliphatic rings. The van der Waals surface area contributed by atoms with E-state index >= 15 is 0 Å². The van der Waals surface area contributed by atoms with E-state index < -0.39 is 11.8 Å². The summed E-state index contributed by atoms with van der Waals surface area (Å²) >= 11 is 5.16. The summed E-state index contributed by atoms with van der Waals surface area (Å²) in [6.07, 6.45) is 3.10. The normalized spacial score (nSPS) is 16.9. The summed E-state index contributed by atoms with van der Waals surface area (Å²) < 4.78 is 5.42. The summed E-state index contributed by atoms with van der Waals surface area (Å²) in [5, 5.41) is 2.66. The second-order valence-corrected chi connectivity index (χ2v) is 8.33. The lowest BCUT2D eigenvalue weighted by Gasteiger charge is -2.28. The van der Waals surface area contributed by atoms with Crippen molar-refractivity contribution in [3.8, 4) is 5.75 Å². The standard InChI is InChI=1S/C25H23N3O5S/c1-3-4-11-27-24(32)19(21(29)26-25(27)34)13-15-9-10-20(33-2)16(12-15)14-28-22(30)17-7-5-6-8-18(17)23(28)31/h5-10,12-13H,3-4,11,14H2,1-2H3,(H,26,29,34)/b19-13-. The Morgan fingerprint density at radius 2 is 1.65 bits per heavy atom. The van der Waals surface area contributed by atoms with Crippen molar-refractivity contribution < 1.29 is 23.9 Å². The second kappa shape index (κ2) is 9.56. The number of unbranched alkanes of at least 4 members (excludes halogenated alkanes) is 1. The zero-order valence-corrected chi connectivity index (χ0v) is 19.6. The predicted molar refractivity (Wildman–Crippen MR) is 129 cm³/mol. The average molecular weight is 478 g/mol. The number of amides is 4. The van der Waals surface area contributed by atoms with Crippen molar-refractivity contribution in [2.24, 2.45) is 0 Å². The van der Waals surface area contributed by atoms with Gasteiger partial charge in [0.1, 0.15) is 11.3 Å². The first-order chi connectivity index (χ1) is 16.3. The number of ether oxygens (including phenoxy) is 1. The smallest absolute Gasteiger partial charge is 0.265 e. The number of rotatable bonds is 7. The lowest BCUT2D eigenvalue weighted by Crippen LogP contribution is -2.54. The third-order valence-electron chi connectivity index (χ3n) is 5.74. The van der Waals surface area contributed by atoms with Gasteiger partial charge in [-0.05, 0) is 54.5 Å². The molecular weight excluding hydrogens is 454 g/mol. The largest absolute Gasteiger partial charge is 0.496 e. The molecule has 0 atom stereocenters. The van der Waals surface area contributed by atoms with E-state index in [-0.39, 0.29) is 29.0 Å². The molecule has 1 fully saturated rings. The molecule has 2 aromatic carbocycles. The summed E-state index contributed by atoms with van der Waals surface area (Å²) in [6, 6.07) is 11.7. The number of imide groups is 1. The Labute approximate surface area is 202 Å². The molecule has 0 unspecified atom stereocenters. The highest BCUT2D eigenvalue weighted by Gasteiger charge is 2.36. The molecule has 1 N–H and O–H groups in total. The van der Waals surface area contributed by atoms with E-state index in [1.165, 1.54) is 18.1 Å². The second-order valence-electron chi connectivity index (χ2n) is 7.94. The highest BCUT2D eigenvalue weighted by atomic mass is 32.1. The molecule has 4 amide bonds. The molecule has 8 nitrogen and oxygen atoms in total. The minimum absolute atomic E-state index is 0.0145. The number of hydrogen-bond acceptors (Lipinski definition) is 6. The van der Waals surface area contributed by atoms with E-state index in [0.29, 0.717) is 34.5 Å². The van der Waals surface area contributed by atoms with Crippen LogP contribution in [0.2, 0.25) is 0 Å². The van der Waals surface area contributed by atoms with Crippen molar-refractivity contribution in [2.45, 2.75) is 26.3 Å². The number of thiocarbonyl (C=S) groups is 1. The van der Waals surface area contributed by atoms with Crippen LogP contribution >= 0.6 is 12.2 Å². The summed E-state index contributed by atoms with van der Waals surface area (Å²) in [5.74, 6) is -1.31. The summed E-state index contributed by atoms with van der Waals surface area (Å²) in [5.41, 5.74) is 1.79. The molecule has 9 heteroatoms. The van der Waals surface area contributed by atoms with E-state index in [1.54, 1.807) is 42.5 Å². The number of carbonyl (C=O) groups excluding carboxylic acids is 4. The highest BCUT2D eigenvalue weighted by Crippen LogP contribution is 2.29. The third-order valence-corrected chi connectivity index (χ3v) is 6.07. The van der Waals surface area contributed by atoms with Crippen LogP contribution in [0, 0.1) is 0 Å². The fourth-order valence-electron chi connectivity index (χ4n) is 3.94. The fourth-order valence-corrected chi connectivity index (χ4v) is 4.21. The molecule has 2 aliphatic heterocycles.